The van der Waals surface area contributed by atoms with Crippen LogP contribution in [0.25, 0.3) is 0 Å². The molecule has 1 atom stereocenters. The Labute approximate surface area is 80.9 Å². The molecule has 0 saturated carbocycles. The van der Waals surface area contributed by atoms with Crippen LogP contribution in [0.4, 0.5) is 0 Å². The van der Waals surface area contributed by atoms with Crippen LogP contribution in [0, 0.1) is 0 Å². The number of amides is 1. The van der Waals surface area contributed by atoms with Gasteiger partial charge in [-0.3, -0.25) is 4.79 Å². The summed E-state index contributed by atoms with van der Waals surface area (Å²) in [5, 5.41) is 2.16. The molecule has 1 unspecified atom stereocenters. The van der Waals surface area contributed by atoms with Gasteiger partial charge in [-0.15, -0.1) is 0 Å². The first-order chi connectivity index (χ1) is 3.63. The zero-order valence-electron chi connectivity index (χ0n) is 4.96. The average Bonchev–Trinajstić information content (AvgIpc) is 1.61. The normalized spacial score (nSPS) is 11.3. The summed E-state index contributed by atoms with van der Waals surface area (Å²) in [6.45, 7) is 1.28. The van der Waals surface area contributed by atoms with E-state index in [0.29, 0.717) is 0 Å². The number of hydrogen-bond acceptors (Lipinski definition) is 2. The van der Waals surface area contributed by atoms with Crippen LogP contribution in [0.5, 0.6) is 0 Å². The molecule has 0 aliphatic carbocycles. The van der Waals surface area contributed by atoms with E-state index in [2.05, 4.69) is 5.32 Å². The molecular formula is C3H7NO3SY. The minimum absolute atomic E-state index is 0. The summed E-state index contributed by atoms with van der Waals surface area (Å²) in [7, 11) is 0. The first-order valence-electron chi connectivity index (χ1n) is 1.95. The SMILES string of the molecule is CC(=O)NCS(=O)O.[Y]. The first-order valence-corrected chi connectivity index (χ1v) is 3.22. The third-order valence-corrected chi connectivity index (χ3v) is 0.836. The maximum absolute atomic E-state index is 9.99. The molecule has 0 rings (SSSR count). The van der Waals surface area contributed by atoms with Crippen molar-refractivity contribution in [2.75, 3.05) is 5.88 Å². The quantitative estimate of drug-likeness (QED) is 0.612. The Morgan fingerprint density at radius 3 is 2.33 bits per heavy atom. The van der Waals surface area contributed by atoms with Crippen molar-refractivity contribution < 1.29 is 46.3 Å². The molecule has 0 saturated heterocycles. The van der Waals surface area contributed by atoms with Gasteiger partial charge < -0.3 is 9.87 Å². The summed E-state index contributed by atoms with van der Waals surface area (Å²) in [4.78, 5) is 9.99. The van der Waals surface area contributed by atoms with Gasteiger partial charge in [-0.2, -0.15) is 0 Å². The second-order valence-electron chi connectivity index (χ2n) is 1.20. The van der Waals surface area contributed by atoms with E-state index in [1.54, 1.807) is 0 Å². The number of nitrogens with one attached hydrogen (secondary N) is 1. The molecule has 6 heteroatoms. The van der Waals surface area contributed by atoms with E-state index in [1.165, 1.54) is 6.92 Å². The third kappa shape index (κ3) is 12.0. The Bertz CT molecular complexity index is 104. The van der Waals surface area contributed by atoms with Crippen LogP contribution in [0.15, 0.2) is 0 Å². The fourth-order valence-electron chi connectivity index (χ4n) is 0.163. The zero-order valence-corrected chi connectivity index (χ0v) is 8.61. The van der Waals surface area contributed by atoms with Crippen molar-refractivity contribution in [2.45, 2.75) is 6.92 Å². The summed E-state index contributed by atoms with van der Waals surface area (Å²) in [5.74, 6) is -0.484. The van der Waals surface area contributed by atoms with Gasteiger partial charge >= 0.3 is 0 Å². The number of rotatable bonds is 2. The van der Waals surface area contributed by atoms with Gasteiger partial charge in [0.2, 0.25) is 5.91 Å². The van der Waals surface area contributed by atoms with E-state index in [0.717, 1.165) is 0 Å². The van der Waals surface area contributed by atoms with E-state index >= 15 is 0 Å². The predicted octanol–water partition coefficient (Wildman–Crippen LogP) is -0.701. The molecule has 0 bridgehead atoms. The molecule has 0 heterocycles. The van der Waals surface area contributed by atoms with Crippen molar-refractivity contribution >= 4 is 17.0 Å². The molecule has 0 fully saturated rings. The number of carbonyl (C=O) groups is 1. The van der Waals surface area contributed by atoms with Crippen LogP contribution in [-0.4, -0.2) is 20.5 Å². The van der Waals surface area contributed by atoms with E-state index in [9.17, 15) is 9.00 Å². The average molecular weight is 226 g/mol. The molecular weight excluding hydrogens is 219 g/mol. The second-order valence-corrected chi connectivity index (χ2v) is 2.13. The van der Waals surface area contributed by atoms with Crippen molar-refractivity contribution in [3.05, 3.63) is 0 Å². The standard InChI is InChI=1S/C3H7NO3S.Y/c1-3(5)4-2-8(6)7;/h2H2,1H3,(H,4,5)(H,6,7);. The maximum Gasteiger partial charge on any atom is 0.217 e. The van der Waals surface area contributed by atoms with Crippen molar-refractivity contribution in [1.29, 1.82) is 0 Å². The summed E-state index contributed by atoms with van der Waals surface area (Å²) >= 11 is -1.92. The van der Waals surface area contributed by atoms with Gasteiger partial charge in [0.25, 0.3) is 0 Å². The summed E-state index contributed by atoms with van der Waals surface area (Å²) in [6.07, 6.45) is 0. The minimum Gasteiger partial charge on any atom is -0.342 e. The molecule has 0 aromatic rings. The number of hydrogen-bond donors (Lipinski definition) is 2. The summed E-state index contributed by atoms with van der Waals surface area (Å²) < 4.78 is 17.9. The van der Waals surface area contributed by atoms with Gasteiger partial charge in [0.05, 0.1) is 0 Å². The number of carbonyl (C=O) groups excluding carboxylic acids is 1. The van der Waals surface area contributed by atoms with Crippen molar-refractivity contribution in [3.8, 4) is 0 Å². The van der Waals surface area contributed by atoms with Crippen LogP contribution in [0.1, 0.15) is 6.92 Å². The fraction of sp³-hybridized carbons (Fsp3) is 0.667. The van der Waals surface area contributed by atoms with Crippen LogP contribution in [0.2, 0.25) is 0 Å². The van der Waals surface area contributed by atoms with E-state index in [1.807, 2.05) is 0 Å². The van der Waals surface area contributed by atoms with Gasteiger partial charge in [-0.05, 0) is 0 Å². The largest absolute Gasteiger partial charge is 0.342 e. The molecule has 2 N–H and O–H groups in total. The minimum atomic E-state index is -1.92. The molecule has 51 valence electrons. The van der Waals surface area contributed by atoms with Gasteiger partial charge in [0, 0.05) is 39.6 Å². The van der Waals surface area contributed by atoms with Crippen molar-refractivity contribution in [3.63, 3.8) is 0 Å². The summed E-state index contributed by atoms with van der Waals surface area (Å²) in [5.41, 5.74) is 0. The van der Waals surface area contributed by atoms with E-state index in [-0.39, 0.29) is 44.5 Å². The van der Waals surface area contributed by atoms with Gasteiger partial charge in [0.1, 0.15) is 5.88 Å². The van der Waals surface area contributed by atoms with Gasteiger partial charge in [-0.25, -0.2) is 4.21 Å². The predicted molar refractivity (Wildman–Crippen MR) is 29.5 cm³/mol. The molecule has 0 aliphatic rings. The molecule has 1 radical (unpaired) electrons. The first kappa shape index (κ1) is 12.4. The van der Waals surface area contributed by atoms with Crippen LogP contribution in [0.3, 0.4) is 0 Å². The molecule has 0 aromatic carbocycles. The molecule has 1 amide bonds. The van der Waals surface area contributed by atoms with Crippen LogP contribution in [-0.2, 0) is 48.6 Å². The Hall–Kier alpha value is 0.684. The Balaban J connectivity index is 0. The van der Waals surface area contributed by atoms with Crippen molar-refractivity contribution in [2.24, 2.45) is 0 Å². The Morgan fingerprint density at radius 1 is 1.78 bits per heavy atom. The summed E-state index contributed by atoms with van der Waals surface area (Å²) in [6, 6.07) is 0. The van der Waals surface area contributed by atoms with Crippen LogP contribution >= 0.6 is 0 Å². The molecule has 0 aromatic heterocycles. The zero-order chi connectivity index (χ0) is 6.57. The topological polar surface area (TPSA) is 66.4 Å². The maximum atomic E-state index is 9.99. The second kappa shape index (κ2) is 6.80. The van der Waals surface area contributed by atoms with Crippen molar-refractivity contribution in [1.82, 2.24) is 5.32 Å². The van der Waals surface area contributed by atoms with Crippen LogP contribution < -0.4 is 5.32 Å². The molecule has 9 heavy (non-hydrogen) atoms. The monoisotopic (exact) mass is 226 g/mol. The van der Waals surface area contributed by atoms with E-state index < -0.39 is 11.1 Å². The fourth-order valence-corrected chi connectivity index (χ4v) is 0.490. The third-order valence-electron chi connectivity index (χ3n) is 0.445. The van der Waals surface area contributed by atoms with Gasteiger partial charge in [-0.1, -0.05) is 0 Å². The smallest absolute Gasteiger partial charge is 0.217 e. The molecule has 4 nitrogen and oxygen atoms in total. The Kier molecular flexibility index (Phi) is 9.34. The molecule has 0 spiro atoms. The van der Waals surface area contributed by atoms with Gasteiger partial charge in [0.15, 0.2) is 11.1 Å². The Morgan fingerprint density at radius 2 is 2.22 bits per heavy atom. The van der Waals surface area contributed by atoms with E-state index in [4.69, 9.17) is 4.55 Å². The molecule has 0 aliphatic heterocycles.